The van der Waals surface area contributed by atoms with Crippen molar-refractivity contribution in [2.45, 2.75) is 19.2 Å². The Hall–Kier alpha value is -2.91. The number of nitrogens with one attached hydrogen (secondary N) is 2. The van der Waals surface area contributed by atoms with Crippen molar-refractivity contribution in [3.63, 3.8) is 0 Å². The standard InChI is InChI=1S/C24H25ClN4O3S/c1-28(14-21(30)20-4-3-9-26-20)12-17-10-18-22(31)19(13-29(2)24(18)33-17)23(32)27-11-15-5-7-16(25)8-6-15/h3-10,13,21,26,30H,11-12,14H2,1-2H3,(H,27,32). The van der Waals surface area contributed by atoms with Gasteiger partial charge in [-0.3, -0.25) is 14.5 Å². The van der Waals surface area contributed by atoms with Crippen LogP contribution >= 0.6 is 22.9 Å². The second kappa shape index (κ2) is 9.93. The number of hydrogen-bond acceptors (Lipinski definition) is 5. The van der Waals surface area contributed by atoms with Crippen LogP contribution in [-0.2, 0) is 20.1 Å². The normalized spacial score (nSPS) is 12.4. The van der Waals surface area contributed by atoms with Crippen LogP contribution in [0.1, 0.15) is 32.6 Å². The number of carbonyl (C=O) groups is 1. The third-order valence-corrected chi connectivity index (χ3v) is 6.86. The summed E-state index contributed by atoms with van der Waals surface area (Å²) in [4.78, 5) is 32.6. The third kappa shape index (κ3) is 5.36. The number of H-pyrrole nitrogens is 1. The molecule has 1 aromatic carbocycles. The molecule has 172 valence electrons. The average Bonchev–Trinajstić information content (AvgIpc) is 3.46. The van der Waals surface area contributed by atoms with Gasteiger partial charge in [-0.1, -0.05) is 23.7 Å². The first-order valence-electron chi connectivity index (χ1n) is 10.5. The zero-order valence-electron chi connectivity index (χ0n) is 18.3. The fraction of sp³-hybridized carbons (Fsp3) is 0.250. The Morgan fingerprint density at radius 1 is 1.30 bits per heavy atom. The maximum atomic E-state index is 13.1. The third-order valence-electron chi connectivity index (χ3n) is 5.40. The van der Waals surface area contributed by atoms with Gasteiger partial charge in [0.2, 0.25) is 5.43 Å². The highest BCUT2D eigenvalue weighted by Gasteiger charge is 2.18. The molecule has 1 atom stereocenters. The predicted molar refractivity (Wildman–Crippen MR) is 132 cm³/mol. The number of aromatic nitrogens is 2. The van der Waals surface area contributed by atoms with E-state index in [-0.39, 0.29) is 11.0 Å². The topological polar surface area (TPSA) is 90.4 Å². The van der Waals surface area contributed by atoms with Crippen LogP contribution < -0.4 is 10.7 Å². The number of halogens is 1. The summed E-state index contributed by atoms with van der Waals surface area (Å²) in [5.74, 6) is -0.411. The zero-order valence-corrected chi connectivity index (χ0v) is 19.9. The van der Waals surface area contributed by atoms with Crippen molar-refractivity contribution in [1.82, 2.24) is 19.8 Å². The van der Waals surface area contributed by atoms with Crippen molar-refractivity contribution in [3.8, 4) is 0 Å². The maximum Gasteiger partial charge on any atom is 0.257 e. The summed E-state index contributed by atoms with van der Waals surface area (Å²) < 4.78 is 1.82. The number of pyridine rings is 1. The van der Waals surface area contributed by atoms with Crippen LogP contribution in [0, 0.1) is 0 Å². The molecule has 0 saturated heterocycles. The Balaban J connectivity index is 1.49. The highest BCUT2D eigenvalue weighted by molar-refractivity contribution is 7.18. The number of carbonyl (C=O) groups excluding carboxylic acids is 1. The van der Waals surface area contributed by atoms with Gasteiger partial charge < -0.3 is 20.0 Å². The minimum Gasteiger partial charge on any atom is -0.386 e. The van der Waals surface area contributed by atoms with E-state index in [2.05, 4.69) is 10.3 Å². The Labute approximate surface area is 200 Å². The van der Waals surface area contributed by atoms with Gasteiger partial charge in [-0.2, -0.15) is 0 Å². The van der Waals surface area contributed by atoms with E-state index >= 15 is 0 Å². The fourth-order valence-electron chi connectivity index (χ4n) is 3.71. The highest BCUT2D eigenvalue weighted by Crippen LogP contribution is 2.25. The molecule has 0 aliphatic heterocycles. The number of hydrogen-bond donors (Lipinski definition) is 3. The monoisotopic (exact) mass is 484 g/mol. The number of likely N-dealkylation sites (N-methyl/N-ethyl adjacent to an activating group) is 1. The Bertz CT molecular complexity index is 1310. The largest absolute Gasteiger partial charge is 0.386 e. The van der Waals surface area contributed by atoms with Crippen molar-refractivity contribution in [2.75, 3.05) is 13.6 Å². The molecule has 0 radical (unpaired) electrons. The molecule has 9 heteroatoms. The van der Waals surface area contributed by atoms with E-state index in [1.807, 2.05) is 53.9 Å². The molecule has 0 aliphatic carbocycles. The molecule has 3 N–H and O–H groups in total. The van der Waals surface area contributed by atoms with Crippen molar-refractivity contribution < 1.29 is 9.90 Å². The molecular weight excluding hydrogens is 460 g/mol. The first-order chi connectivity index (χ1) is 15.8. The maximum absolute atomic E-state index is 13.1. The van der Waals surface area contributed by atoms with Crippen molar-refractivity contribution >= 4 is 39.1 Å². The van der Waals surface area contributed by atoms with Gasteiger partial charge in [-0.15, -0.1) is 11.3 Å². The molecule has 7 nitrogen and oxygen atoms in total. The first-order valence-corrected chi connectivity index (χ1v) is 11.7. The number of aryl methyl sites for hydroxylation is 1. The Morgan fingerprint density at radius 2 is 2.06 bits per heavy atom. The molecule has 0 spiro atoms. The lowest BCUT2D eigenvalue weighted by molar-refractivity contribution is 0.0949. The van der Waals surface area contributed by atoms with Crippen LogP contribution in [0.5, 0.6) is 0 Å². The Morgan fingerprint density at radius 3 is 2.76 bits per heavy atom. The van der Waals surface area contributed by atoms with Crippen molar-refractivity contribution in [1.29, 1.82) is 0 Å². The average molecular weight is 485 g/mol. The van der Waals surface area contributed by atoms with Gasteiger partial charge >= 0.3 is 0 Å². The number of thiophene rings is 1. The van der Waals surface area contributed by atoms with E-state index < -0.39 is 12.0 Å². The molecule has 3 heterocycles. The van der Waals surface area contributed by atoms with Crippen LogP contribution in [-0.4, -0.2) is 39.1 Å². The number of nitrogens with zero attached hydrogens (tertiary/aromatic N) is 2. The minimum atomic E-state index is -0.624. The number of aromatic amines is 1. The fourth-order valence-corrected chi connectivity index (χ4v) is 5.00. The lowest BCUT2D eigenvalue weighted by Gasteiger charge is -2.19. The van der Waals surface area contributed by atoms with Crippen LogP contribution in [0.15, 0.2) is 59.7 Å². The molecule has 3 aromatic heterocycles. The highest BCUT2D eigenvalue weighted by atomic mass is 35.5. The molecule has 0 aliphatic rings. The second-order valence-electron chi connectivity index (χ2n) is 8.06. The van der Waals surface area contributed by atoms with Crippen LogP contribution in [0.2, 0.25) is 5.02 Å². The van der Waals surface area contributed by atoms with E-state index in [4.69, 9.17) is 11.6 Å². The number of aliphatic hydroxyl groups excluding tert-OH is 1. The SMILES string of the molecule is CN(Cc1cc2c(=O)c(C(=O)NCc3ccc(Cl)cc3)cn(C)c2s1)CC(O)c1ccc[nH]1. The van der Waals surface area contributed by atoms with E-state index in [9.17, 15) is 14.7 Å². The molecule has 33 heavy (non-hydrogen) atoms. The first kappa shape index (κ1) is 23.3. The van der Waals surface area contributed by atoms with Crippen LogP contribution in [0.4, 0.5) is 0 Å². The quantitative estimate of drug-likeness (QED) is 0.356. The number of aliphatic hydroxyl groups is 1. The summed E-state index contributed by atoms with van der Waals surface area (Å²) in [7, 11) is 3.75. The van der Waals surface area contributed by atoms with E-state index in [0.717, 1.165) is 21.0 Å². The molecule has 4 aromatic rings. The van der Waals surface area contributed by atoms with E-state index in [1.165, 1.54) is 11.3 Å². The second-order valence-corrected chi connectivity index (χ2v) is 9.61. The number of rotatable bonds is 8. The van der Waals surface area contributed by atoms with Gasteiger partial charge in [0.1, 0.15) is 16.5 Å². The van der Waals surface area contributed by atoms with Crippen molar-refractivity contribution in [2.24, 2.45) is 7.05 Å². The smallest absolute Gasteiger partial charge is 0.257 e. The number of fused-ring (bicyclic) bond motifs is 1. The summed E-state index contributed by atoms with van der Waals surface area (Å²) in [6, 6.07) is 12.7. The molecule has 1 unspecified atom stereocenters. The van der Waals surface area contributed by atoms with E-state index in [1.54, 1.807) is 24.5 Å². The minimum absolute atomic E-state index is 0.110. The summed E-state index contributed by atoms with van der Waals surface area (Å²) in [5, 5.41) is 14.3. The molecule has 0 bridgehead atoms. The number of benzene rings is 1. The molecule has 4 rings (SSSR count). The lowest BCUT2D eigenvalue weighted by Crippen LogP contribution is -2.29. The van der Waals surface area contributed by atoms with Crippen molar-refractivity contribution in [3.05, 3.63) is 91.8 Å². The van der Waals surface area contributed by atoms with Gasteiger partial charge in [0.15, 0.2) is 0 Å². The van der Waals surface area contributed by atoms with Gasteiger partial charge in [-0.25, -0.2) is 0 Å². The lowest BCUT2D eigenvalue weighted by atomic mass is 10.2. The molecule has 0 saturated carbocycles. The summed E-state index contributed by atoms with van der Waals surface area (Å²) in [6.07, 6.45) is 2.74. The molecular formula is C24H25ClN4O3S. The van der Waals surface area contributed by atoms with Gasteiger partial charge in [0, 0.05) is 54.7 Å². The number of amides is 1. The molecule has 1 amide bonds. The summed E-state index contributed by atoms with van der Waals surface area (Å²) >= 11 is 7.41. The van der Waals surface area contributed by atoms with E-state index in [0.29, 0.717) is 30.0 Å². The summed E-state index contributed by atoms with van der Waals surface area (Å²) in [5.41, 5.74) is 1.49. The van der Waals surface area contributed by atoms with Crippen LogP contribution in [0.3, 0.4) is 0 Å². The predicted octanol–water partition coefficient (Wildman–Crippen LogP) is 3.68. The van der Waals surface area contributed by atoms with Crippen LogP contribution in [0.25, 0.3) is 10.2 Å². The Kier molecular flexibility index (Phi) is 6.99. The van der Waals surface area contributed by atoms with Gasteiger partial charge in [-0.05, 0) is 42.9 Å². The molecule has 0 fully saturated rings. The van der Waals surface area contributed by atoms with Gasteiger partial charge in [0.25, 0.3) is 5.91 Å². The van der Waals surface area contributed by atoms with Gasteiger partial charge in [0.05, 0.1) is 5.39 Å². The zero-order chi connectivity index (χ0) is 23.5. The summed E-state index contributed by atoms with van der Waals surface area (Å²) in [6.45, 7) is 1.33.